The number of rotatable bonds is 10. The minimum atomic E-state index is -3.25. The average molecular weight is 819 g/mol. The summed E-state index contributed by atoms with van der Waals surface area (Å²) in [5, 5.41) is 2.34. The summed E-state index contributed by atoms with van der Waals surface area (Å²) in [7, 11) is 0.0850. The lowest BCUT2D eigenvalue weighted by atomic mass is 9.85. The van der Waals surface area contributed by atoms with Crippen molar-refractivity contribution in [3.63, 3.8) is 0 Å². The molecular formula is C47H61ClFN3O4S. The molecule has 2 saturated heterocycles. The van der Waals surface area contributed by atoms with Crippen molar-refractivity contribution in [3.05, 3.63) is 89.0 Å². The maximum absolute atomic E-state index is 15.6. The van der Waals surface area contributed by atoms with Crippen molar-refractivity contribution in [1.82, 2.24) is 15.3 Å². The Morgan fingerprint density at radius 3 is 2.11 bits per heavy atom. The van der Waals surface area contributed by atoms with Gasteiger partial charge < -0.3 is 14.4 Å². The third-order valence-electron chi connectivity index (χ3n) is 14.3. The highest BCUT2D eigenvalue weighted by atomic mass is 35.5. The van der Waals surface area contributed by atoms with Crippen LogP contribution in [0.5, 0.6) is 11.5 Å². The lowest BCUT2D eigenvalue weighted by Crippen LogP contribution is -2.52. The molecule has 1 N–H and O–H groups in total. The summed E-state index contributed by atoms with van der Waals surface area (Å²) >= 11 is 6.08. The number of alkyl halides is 1. The van der Waals surface area contributed by atoms with Crippen molar-refractivity contribution in [1.29, 1.82) is 0 Å². The van der Waals surface area contributed by atoms with Crippen LogP contribution in [0.15, 0.2) is 77.7 Å². The lowest BCUT2D eigenvalue weighted by Gasteiger charge is -2.40. The molecule has 4 bridgehead atoms. The van der Waals surface area contributed by atoms with Gasteiger partial charge in [-0.3, -0.25) is 5.43 Å². The molecule has 7 nitrogen and oxygen atoms in total. The minimum Gasteiger partial charge on any atom is -0.496 e. The number of benzene rings is 3. The average Bonchev–Trinajstić information content (AvgIpc) is 4.06. The first-order valence-corrected chi connectivity index (χ1v) is 23.3. The van der Waals surface area contributed by atoms with Crippen molar-refractivity contribution in [2.75, 3.05) is 40.4 Å². The first-order valence-electron chi connectivity index (χ1n) is 21.4. The maximum Gasteiger partial charge on any atom is 0.180 e. The molecule has 6 aliphatic rings. The molecule has 0 aromatic heterocycles. The number of allylic oxidation sites excluding steroid dienone is 1. The molecule has 4 aliphatic carbocycles. The minimum absolute atomic E-state index is 0.392. The van der Waals surface area contributed by atoms with E-state index in [-0.39, 0.29) is 0 Å². The normalized spacial score (nSPS) is 28.5. The highest BCUT2D eigenvalue weighted by Crippen LogP contribution is 2.48. The van der Waals surface area contributed by atoms with Crippen LogP contribution in [0.3, 0.4) is 0 Å². The molecular weight excluding hydrogens is 757 g/mol. The number of nitrogens with zero attached hydrogens (tertiary/aromatic N) is 2. The van der Waals surface area contributed by atoms with Crippen LogP contribution >= 0.6 is 11.6 Å². The third-order valence-corrected chi connectivity index (χ3v) is 16.7. The number of halogens is 2. The van der Waals surface area contributed by atoms with Gasteiger partial charge in [-0.05, 0) is 173 Å². The fourth-order valence-electron chi connectivity index (χ4n) is 11.0. The number of fused-ring (bicyclic) bond motifs is 4. The van der Waals surface area contributed by atoms with Crippen LogP contribution in [-0.2, 0) is 15.5 Å². The van der Waals surface area contributed by atoms with Crippen molar-refractivity contribution < 1.29 is 22.3 Å². The van der Waals surface area contributed by atoms with E-state index in [4.69, 9.17) is 21.1 Å². The standard InChI is InChI=1S/C28H37NO3S.C19H24ClFN2O/c1-19(2)33(30,31)25-9-6-21(7-10-25)23-8-11-28(32-3)26(18-23)22-12-14-29(15-13-22)27-17-20-4-5-24(27)16-20;1-24-18-5-4-15(20)12-16(18)19(21)6-8-23(9-7-19)22-17-11-13-2-3-14(17)10-13/h6-11,18-20,22,24,27H,4-5,12-17H2,1-3H3;2-5,12-14,17,22H,6-11H2,1H3/t20-,24-,27-;13-,14-,17-/m00/s1. The summed E-state index contributed by atoms with van der Waals surface area (Å²) < 4.78 is 51.6. The van der Waals surface area contributed by atoms with Crippen LogP contribution in [-0.4, -0.2) is 76.1 Å². The van der Waals surface area contributed by atoms with Gasteiger partial charge >= 0.3 is 0 Å². The Bertz CT molecular complexity index is 2010. The van der Waals surface area contributed by atoms with Gasteiger partial charge in [0.15, 0.2) is 9.84 Å². The van der Waals surface area contributed by atoms with Gasteiger partial charge in [0, 0.05) is 35.8 Å². The van der Waals surface area contributed by atoms with Gasteiger partial charge in [-0.2, -0.15) is 0 Å². The number of hydrogen-bond acceptors (Lipinski definition) is 7. The molecule has 308 valence electrons. The molecule has 3 aromatic carbocycles. The van der Waals surface area contributed by atoms with Gasteiger partial charge in [0.25, 0.3) is 0 Å². The number of hydrazine groups is 1. The zero-order valence-electron chi connectivity index (χ0n) is 34.1. The van der Waals surface area contributed by atoms with E-state index in [1.165, 1.54) is 70.0 Å². The zero-order valence-corrected chi connectivity index (χ0v) is 35.7. The molecule has 5 fully saturated rings. The molecule has 0 spiro atoms. The molecule has 3 saturated carbocycles. The highest BCUT2D eigenvalue weighted by Gasteiger charge is 2.44. The summed E-state index contributed by atoms with van der Waals surface area (Å²) in [5.41, 5.74) is 6.30. The number of methoxy groups -OCH3 is 2. The number of nitrogens with one attached hydrogen (secondary N) is 1. The van der Waals surface area contributed by atoms with Crippen LogP contribution in [0.2, 0.25) is 5.02 Å². The highest BCUT2D eigenvalue weighted by molar-refractivity contribution is 7.92. The number of ether oxygens (including phenoxy) is 2. The molecule has 9 rings (SSSR count). The van der Waals surface area contributed by atoms with Crippen LogP contribution in [0, 0.1) is 23.7 Å². The quantitative estimate of drug-likeness (QED) is 0.204. The molecule has 0 amide bonds. The monoisotopic (exact) mass is 817 g/mol. The fourth-order valence-corrected chi connectivity index (χ4v) is 12.2. The van der Waals surface area contributed by atoms with Crippen molar-refractivity contribution in [2.24, 2.45) is 23.7 Å². The Morgan fingerprint density at radius 2 is 1.51 bits per heavy atom. The number of hydrogen-bond donors (Lipinski definition) is 1. The van der Waals surface area contributed by atoms with Crippen molar-refractivity contribution in [3.8, 4) is 22.6 Å². The van der Waals surface area contributed by atoms with Gasteiger partial charge in [-0.15, -0.1) is 0 Å². The lowest BCUT2D eigenvalue weighted by molar-refractivity contribution is 0.0186. The maximum atomic E-state index is 15.6. The SMILES string of the molecule is COc1ccc(-c2ccc(S(=O)(=O)C(C)C)cc2)cc1C1CCN([C@H]2C[C@H]3CC[C@H]2C3)CC1.COc1ccc(Cl)cc1C1(F)CCN(N[C@H]2C[C@H]3C=C[C@H]2C3)CC1. The molecule has 57 heavy (non-hydrogen) atoms. The van der Waals surface area contributed by atoms with Crippen molar-refractivity contribution in [2.45, 2.75) is 112 Å². The van der Waals surface area contributed by atoms with Crippen LogP contribution in [0.25, 0.3) is 11.1 Å². The van der Waals surface area contributed by atoms with Crippen molar-refractivity contribution >= 4 is 21.4 Å². The summed E-state index contributed by atoms with van der Waals surface area (Å²) in [5.74, 6) is 5.41. The third kappa shape index (κ3) is 8.57. The van der Waals surface area contributed by atoms with E-state index in [1.54, 1.807) is 58.4 Å². The summed E-state index contributed by atoms with van der Waals surface area (Å²) in [6, 6.07) is 20.3. The molecule has 0 unspecified atom stereocenters. The first-order chi connectivity index (χ1) is 27.4. The van der Waals surface area contributed by atoms with Crippen LogP contribution < -0.4 is 14.9 Å². The smallest absolute Gasteiger partial charge is 0.180 e. The molecule has 6 atom stereocenters. The zero-order chi connectivity index (χ0) is 39.9. The molecule has 10 heteroatoms. The first kappa shape index (κ1) is 40.8. The van der Waals surface area contributed by atoms with E-state index in [0.29, 0.717) is 65.0 Å². The fraction of sp³-hybridized carbons (Fsp3) is 0.574. The van der Waals surface area contributed by atoms with Gasteiger partial charge in [-0.25, -0.2) is 17.8 Å². The van der Waals surface area contributed by atoms with Crippen LogP contribution in [0.4, 0.5) is 4.39 Å². The summed E-state index contributed by atoms with van der Waals surface area (Å²) in [6.07, 6.45) is 16.2. The van der Waals surface area contributed by atoms with Crippen LogP contribution in [0.1, 0.15) is 95.1 Å². The molecule has 3 aromatic rings. The van der Waals surface area contributed by atoms with E-state index in [2.05, 4.69) is 45.7 Å². The Kier molecular flexibility index (Phi) is 12.1. The Balaban J connectivity index is 0.000000168. The van der Waals surface area contributed by atoms with Gasteiger partial charge in [-0.1, -0.05) is 48.4 Å². The Hall–Kier alpha value is -2.95. The van der Waals surface area contributed by atoms with Gasteiger partial charge in [0.2, 0.25) is 0 Å². The van der Waals surface area contributed by atoms with E-state index >= 15 is 4.39 Å². The second kappa shape index (κ2) is 17.0. The number of sulfone groups is 1. The van der Waals surface area contributed by atoms with E-state index in [1.807, 2.05) is 12.1 Å². The molecule has 0 radical (unpaired) electrons. The van der Waals surface area contributed by atoms with E-state index in [0.717, 1.165) is 40.7 Å². The summed E-state index contributed by atoms with van der Waals surface area (Å²) in [4.78, 5) is 3.17. The Labute approximate surface area is 345 Å². The van der Waals surface area contributed by atoms with Gasteiger partial charge in [0.1, 0.15) is 17.2 Å². The van der Waals surface area contributed by atoms with E-state index < -0.39 is 20.8 Å². The largest absolute Gasteiger partial charge is 0.496 e. The predicted molar refractivity (Wildman–Crippen MR) is 227 cm³/mol. The van der Waals surface area contributed by atoms with E-state index in [9.17, 15) is 8.42 Å². The number of likely N-dealkylation sites (tertiary alicyclic amines) is 1. The molecule has 2 heterocycles. The second-order valence-electron chi connectivity index (χ2n) is 17.9. The van der Waals surface area contributed by atoms with Gasteiger partial charge in [0.05, 0.1) is 24.4 Å². The number of piperidine rings is 2. The Morgan fingerprint density at radius 1 is 0.807 bits per heavy atom. The summed E-state index contributed by atoms with van der Waals surface area (Å²) in [6.45, 7) is 7.22. The second-order valence-corrected chi connectivity index (χ2v) is 20.9. The topological polar surface area (TPSA) is 71.1 Å². The molecule has 2 aliphatic heterocycles. The predicted octanol–water partition coefficient (Wildman–Crippen LogP) is 9.99.